The quantitative estimate of drug-likeness (QED) is 0.557. The third-order valence-corrected chi connectivity index (χ3v) is 1.94. The van der Waals surface area contributed by atoms with E-state index in [9.17, 15) is 4.79 Å². The van der Waals surface area contributed by atoms with Crippen molar-refractivity contribution in [3.8, 4) is 5.75 Å². The van der Waals surface area contributed by atoms with E-state index in [4.69, 9.17) is 9.47 Å². The normalized spacial score (nSPS) is 9.81. The highest BCUT2D eigenvalue weighted by Crippen LogP contribution is 2.07. The average Bonchev–Trinajstić information content (AvgIpc) is 2.33. The van der Waals surface area contributed by atoms with Crippen LogP contribution in [0.1, 0.15) is 6.42 Å². The predicted molar refractivity (Wildman–Crippen MR) is 61.4 cm³/mol. The van der Waals surface area contributed by atoms with Crippen LogP contribution in [0, 0.1) is 0 Å². The molecule has 0 aliphatic carbocycles. The van der Waals surface area contributed by atoms with Gasteiger partial charge in [-0.1, -0.05) is 18.2 Å². The highest BCUT2D eigenvalue weighted by Gasteiger charge is 2.01. The number of esters is 1. The van der Waals surface area contributed by atoms with Crippen LogP contribution in [0.4, 0.5) is 0 Å². The summed E-state index contributed by atoms with van der Waals surface area (Å²) in [6.45, 7) is 1.31. The molecular formula is C12H17NO3. The molecule has 0 atom stereocenters. The van der Waals surface area contributed by atoms with Crippen molar-refractivity contribution in [2.24, 2.45) is 0 Å². The molecule has 0 saturated heterocycles. The minimum atomic E-state index is -0.203. The molecule has 0 aliphatic rings. The van der Waals surface area contributed by atoms with E-state index in [1.54, 1.807) is 7.05 Å². The Morgan fingerprint density at radius 1 is 1.25 bits per heavy atom. The Bertz CT molecular complexity index is 300. The molecule has 0 aliphatic heterocycles. The van der Waals surface area contributed by atoms with E-state index in [1.165, 1.54) is 0 Å². The zero-order valence-electron chi connectivity index (χ0n) is 9.44. The number of para-hydroxylation sites is 1. The van der Waals surface area contributed by atoms with E-state index in [2.05, 4.69) is 5.32 Å². The Morgan fingerprint density at radius 3 is 2.69 bits per heavy atom. The highest BCUT2D eigenvalue weighted by molar-refractivity contribution is 5.69. The van der Waals surface area contributed by atoms with Gasteiger partial charge in [0.1, 0.15) is 19.0 Å². The molecule has 16 heavy (non-hydrogen) atoms. The molecular weight excluding hydrogens is 206 g/mol. The topological polar surface area (TPSA) is 47.6 Å². The molecule has 0 amide bonds. The van der Waals surface area contributed by atoms with Gasteiger partial charge in [-0.05, 0) is 19.2 Å². The van der Waals surface area contributed by atoms with Crippen LogP contribution in [0.3, 0.4) is 0 Å². The van der Waals surface area contributed by atoms with Gasteiger partial charge < -0.3 is 14.8 Å². The van der Waals surface area contributed by atoms with Crippen molar-refractivity contribution in [2.75, 3.05) is 26.8 Å². The van der Waals surface area contributed by atoms with Crippen LogP contribution in [0.5, 0.6) is 5.75 Å². The molecule has 0 saturated carbocycles. The van der Waals surface area contributed by atoms with Crippen molar-refractivity contribution in [1.82, 2.24) is 5.32 Å². The largest absolute Gasteiger partial charge is 0.490 e. The summed E-state index contributed by atoms with van der Waals surface area (Å²) in [5.74, 6) is 0.583. The van der Waals surface area contributed by atoms with Gasteiger partial charge in [0, 0.05) is 6.54 Å². The summed E-state index contributed by atoms with van der Waals surface area (Å²) in [5.41, 5.74) is 0. The van der Waals surface area contributed by atoms with Crippen LogP contribution in [-0.4, -0.2) is 32.8 Å². The lowest BCUT2D eigenvalue weighted by Gasteiger charge is -2.06. The van der Waals surface area contributed by atoms with Gasteiger partial charge in [0.25, 0.3) is 0 Å². The Balaban J connectivity index is 2.06. The third kappa shape index (κ3) is 5.36. The summed E-state index contributed by atoms with van der Waals surface area (Å²) in [7, 11) is 1.80. The number of benzene rings is 1. The van der Waals surface area contributed by atoms with E-state index in [0.717, 1.165) is 5.75 Å². The summed E-state index contributed by atoms with van der Waals surface area (Å²) in [6.07, 6.45) is 0.391. The Morgan fingerprint density at radius 2 is 2.00 bits per heavy atom. The number of hydrogen-bond donors (Lipinski definition) is 1. The lowest BCUT2D eigenvalue weighted by atomic mass is 10.3. The van der Waals surface area contributed by atoms with Crippen LogP contribution in [-0.2, 0) is 9.53 Å². The van der Waals surface area contributed by atoms with Gasteiger partial charge in [0.05, 0.1) is 6.42 Å². The first kappa shape index (κ1) is 12.5. The Hall–Kier alpha value is -1.55. The molecule has 0 fully saturated rings. The van der Waals surface area contributed by atoms with Gasteiger partial charge in [0.2, 0.25) is 0 Å². The summed E-state index contributed by atoms with van der Waals surface area (Å²) in [4.78, 5) is 11.1. The molecule has 0 aromatic heterocycles. The van der Waals surface area contributed by atoms with Crippen molar-refractivity contribution in [3.05, 3.63) is 30.3 Å². The number of ether oxygens (including phenoxy) is 2. The van der Waals surface area contributed by atoms with Gasteiger partial charge in [0.15, 0.2) is 0 Å². The molecule has 1 rings (SSSR count). The van der Waals surface area contributed by atoms with E-state index in [1.807, 2.05) is 30.3 Å². The van der Waals surface area contributed by atoms with Crippen molar-refractivity contribution >= 4 is 5.97 Å². The lowest BCUT2D eigenvalue weighted by Crippen LogP contribution is -2.17. The molecule has 0 heterocycles. The molecule has 0 bridgehead atoms. The summed E-state index contributed by atoms with van der Waals surface area (Å²) < 4.78 is 10.3. The minimum Gasteiger partial charge on any atom is -0.490 e. The smallest absolute Gasteiger partial charge is 0.307 e. The van der Waals surface area contributed by atoms with Crippen molar-refractivity contribution in [2.45, 2.75) is 6.42 Å². The molecule has 4 heteroatoms. The van der Waals surface area contributed by atoms with Gasteiger partial charge in [-0.2, -0.15) is 0 Å². The summed E-state index contributed by atoms with van der Waals surface area (Å²) >= 11 is 0. The first-order valence-electron chi connectivity index (χ1n) is 5.31. The molecule has 1 aromatic rings. The molecule has 4 nitrogen and oxygen atoms in total. The zero-order chi connectivity index (χ0) is 11.6. The maximum atomic E-state index is 11.1. The molecule has 0 radical (unpaired) electrons. The fourth-order valence-electron chi connectivity index (χ4n) is 1.13. The number of hydrogen-bond acceptors (Lipinski definition) is 4. The van der Waals surface area contributed by atoms with Crippen LogP contribution in [0.15, 0.2) is 30.3 Å². The molecule has 88 valence electrons. The van der Waals surface area contributed by atoms with Gasteiger partial charge in [-0.15, -0.1) is 0 Å². The molecule has 0 unspecified atom stereocenters. The SMILES string of the molecule is CNCCC(=O)OCCOc1ccccc1. The van der Waals surface area contributed by atoms with Crippen LogP contribution >= 0.6 is 0 Å². The Labute approximate surface area is 95.6 Å². The van der Waals surface area contributed by atoms with Crippen LogP contribution in [0.2, 0.25) is 0 Å². The fourth-order valence-corrected chi connectivity index (χ4v) is 1.13. The lowest BCUT2D eigenvalue weighted by molar-refractivity contribution is -0.144. The second-order valence-electron chi connectivity index (χ2n) is 3.24. The average molecular weight is 223 g/mol. The maximum absolute atomic E-state index is 11.1. The van der Waals surface area contributed by atoms with Crippen LogP contribution < -0.4 is 10.1 Å². The molecule has 1 N–H and O–H groups in total. The van der Waals surface area contributed by atoms with Crippen molar-refractivity contribution < 1.29 is 14.3 Å². The van der Waals surface area contributed by atoms with Gasteiger partial charge in [-0.25, -0.2) is 0 Å². The minimum absolute atomic E-state index is 0.203. The summed E-state index contributed by atoms with van der Waals surface area (Å²) in [5, 5.41) is 2.88. The highest BCUT2D eigenvalue weighted by atomic mass is 16.6. The fraction of sp³-hybridized carbons (Fsp3) is 0.417. The third-order valence-electron chi connectivity index (χ3n) is 1.94. The number of carbonyl (C=O) groups excluding carboxylic acids is 1. The molecule has 1 aromatic carbocycles. The van der Waals surface area contributed by atoms with E-state index < -0.39 is 0 Å². The van der Waals surface area contributed by atoms with Gasteiger partial charge >= 0.3 is 5.97 Å². The van der Waals surface area contributed by atoms with Crippen molar-refractivity contribution in [3.63, 3.8) is 0 Å². The van der Waals surface area contributed by atoms with E-state index in [0.29, 0.717) is 19.6 Å². The van der Waals surface area contributed by atoms with Gasteiger partial charge in [-0.3, -0.25) is 4.79 Å². The Kier molecular flexibility index (Phi) is 6.03. The first-order valence-corrected chi connectivity index (χ1v) is 5.31. The molecule has 0 spiro atoms. The summed E-state index contributed by atoms with van der Waals surface area (Å²) in [6, 6.07) is 9.44. The number of nitrogens with one attached hydrogen (secondary N) is 1. The second-order valence-corrected chi connectivity index (χ2v) is 3.24. The standard InChI is InChI=1S/C12H17NO3/c1-13-8-7-12(14)16-10-9-15-11-5-3-2-4-6-11/h2-6,13H,7-10H2,1H3. The predicted octanol–water partition coefficient (Wildman–Crippen LogP) is 1.22. The first-order chi connectivity index (χ1) is 7.83. The van der Waals surface area contributed by atoms with E-state index in [-0.39, 0.29) is 12.6 Å². The monoisotopic (exact) mass is 223 g/mol. The maximum Gasteiger partial charge on any atom is 0.307 e. The zero-order valence-corrected chi connectivity index (χ0v) is 9.44. The second kappa shape index (κ2) is 7.70. The number of carbonyl (C=O) groups is 1. The number of rotatable bonds is 7. The van der Waals surface area contributed by atoms with Crippen molar-refractivity contribution in [1.29, 1.82) is 0 Å². The van der Waals surface area contributed by atoms with Crippen LogP contribution in [0.25, 0.3) is 0 Å². The van der Waals surface area contributed by atoms with E-state index >= 15 is 0 Å².